The van der Waals surface area contributed by atoms with E-state index in [9.17, 15) is 19.2 Å². The standard InChI is InChI=1S/C10H7NO2.C4H5NO2.C4H6O/c1-2-11-9(12)7-5-3-4-6-8(7)10(11)13;6-3-1-2-4(7)5-3;1-3-5-4-2/h2-6H,1H2;1-2H2,(H,5,6,7);3-4H,1-2H2. The van der Waals surface area contributed by atoms with Gasteiger partial charge in [0.25, 0.3) is 11.8 Å². The van der Waals surface area contributed by atoms with Crippen molar-refractivity contribution in [3.8, 4) is 0 Å². The molecule has 0 saturated carbocycles. The van der Waals surface area contributed by atoms with Crippen molar-refractivity contribution in [1.29, 1.82) is 0 Å². The molecule has 2 heterocycles. The maximum Gasteiger partial charge on any atom is 0.265 e. The van der Waals surface area contributed by atoms with Crippen molar-refractivity contribution in [3.63, 3.8) is 0 Å². The first-order valence-corrected chi connectivity index (χ1v) is 7.25. The quantitative estimate of drug-likeness (QED) is 0.671. The maximum absolute atomic E-state index is 11.5. The van der Waals surface area contributed by atoms with E-state index in [1.165, 1.54) is 18.7 Å². The SMILES string of the molecule is C=CN1C(=O)c2ccccc2C1=O.C=COC=C.O=C1CCC(=O)N1. The molecule has 0 bridgehead atoms. The Balaban J connectivity index is 0.000000219. The molecule has 4 amide bonds. The Morgan fingerprint density at radius 1 is 0.880 bits per heavy atom. The molecule has 0 aliphatic carbocycles. The summed E-state index contributed by atoms with van der Waals surface area (Å²) >= 11 is 0. The molecule has 130 valence electrons. The highest BCUT2D eigenvalue weighted by Crippen LogP contribution is 2.21. The largest absolute Gasteiger partial charge is 0.474 e. The third-order valence-electron chi connectivity index (χ3n) is 3.06. The Morgan fingerprint density at radius 2 is 1.32 bits per heavy atom. The van der Waals surface area contributed by atoms with Crippen LogP contribution < -0.4 is 5.32 Å². The first-order valence-electron chi connectivity index (χ1n) is 7.25. The number of imide groups is 2. The van der Waals surface area contributed by atoms with Gasteiger partial charge in [-0.2, -0.15) is 0 Å². The van der Waals surface area contributed by atoms with Crippen LogP contribution in [0.4, 0.5) is 0 Å². The Morgan fingerprint density at radius 3 is 1.56 bits per heavy atom. The summed E-state index contributed by atoms with van der Waals surface area (Å²) in [6.07, 6.45) is 4.61. The van der Waals surface area contributed by atoms with E-state index >= 15 is 0 Å². The number of nitrogens with zero attached hydrogens (tertiary/aromatic N) is 1. The molecule has 1 aromatic carbocycles. The predicted molar refractivity (Wildman–Crippen MR) is 91.0 cm³/mol. The number of amides is 4. The van der Waals surface area contributed by atoms with Gasteiger partial charge in [0, 0.05) is 19.0 Å². The summed E-state index contributed by atoms with van der Waals surface area (Å²) in [4.78, 5) is 44.2. The predicted octanol–water partition coefficient (Wildman–Crippen LogP) is 2.14. The van der Waals surface area contributed by atoms with Crippen molar-refractivity contribution in [3.05, 3.63) is 73.9 Å². The number of carbonyl (C=O) groups excluding carboxylic acids is 4. The van der Waals surface area contributed by atoms with E-state index in [1.807, 2.05) is 0 Å². The fourth-order valence-electron chi connectivity index (χ4n) is 1.95. The van der Waals surface area contributed by atoms with Crippen LogP contribution in [0.15, 0.2) is 62.7 Å². The number of benzene rings is 1. The van der Waals surface area contributed by atoms with Gasteiger partial charge in [0.15, 0.2) is 0 Å². The van der Waals surface area contributed by atoms with Crippen LogP contribution in [0, 0.1) is 0 Å². The Hall–Kier alpha value is -3.48. The maximum atomic E-state index is 11.5. The molecule has 1 aromatic rings. The van der Waals surface area contributed by atoms with Gasteiger partial charge in [-0.3, -0.25) is 24.5 Å². The monoisotopic (exact) mass is 342 g/mol. The lowest BCUT2D eigenvalue weighted by molar-refractivity contribution is -0.124. The van der Waals surface area contributed by atoms with Crippen LogP contribution in [0.5, 0.6) is 0 Å². The number of carbonyl (C=O) groups is 4. The molecule has 0 atom stereocenters. The first-order chi connectivity index (χ1) is 12.0. The van der Waals surface area contributed by atoms with Crippen LogP contribution in [0.1, 0.15) is 33.6 Å². The fourth-order valence-corrected chi connectivity index (χ4v) is 1.95. The van der Waals surface area contributed by atoms with E-state index in [-0.39, 0.29) is 23.6 Å². The van der Waals surface area contributed by atoms with E-state index in [4.69, 9.17) is 0 Å². The Labute approximate surface area is 145 Å². The van der Waals surface area contributed by atoms with Crippen LogP contribution in [-0.4, -0.2) is 28.5 Å². The molecule has 2 aliphatic heterocycles. The highest BCUT2D eigenvalue weighted by molar-refractivity contribution is 6.21. The van der Waals surface area contributed by atoms with Crippen LogP contribution in [0.25, 0.3) is 0 Å². The summed E-state index contributed by atoms with van der Waals surface area (Å²) < 4.78 is 4.36. The zero-order valence-electron chi connectivity index (χ0n) is 13.6. The van der Waals surface area contributed by atoms with Gasteiger partial charge < -0.3 is 4.74 Å². The van der Waals surface area contributed by atoms with Gasteiger partial charge >= 0.3 is 0 Å². The minimum absolute atomic E-state index is 0.148. The van der Waals surface area contributed by atoms with Crippen LogP contribution in [0.2, 0.25) is 0 Å². The molecule has 7 heteroatoms. The third-order valence-corrected chi connectivity index (χ3v) is 3.06. The van der Waals surface area contributed by atoms with Gasteiger partial charge in [0.2, 0.25) is 11.8 Å². The third kappa shape index (κ3) is 5.28. The highest BCUT2D eigenvalue weighted by Gasteiger charge is 2.33. The number of ether oxygens (including phenoxy) is 1. The van der Waals surface area contributed by atoms with Crippen molar-refractivity contribution < 1.29 is 23.9 Å². The molecular formula is C18H18N2O5. The highest BCUT2D eigenvalue weighted by atomic mass is 16.5. The minimum Gasteiger partial charge on any atom is -0.474 e. The number of hydrogen-bond acceptors (Lipinski definition) is 5. The lowest BCUT2D eigenvalue weighted by atomic mass is 10.1. The topological polar surface area (TPSA) is 92.8 Å². The first kappa shape index (κ1) is 19.6. The molecule has 25 heavy (non-hydrogen) atoms. The summed E-state index contributed by atoms with van der Waals surface area (Å²) in [5, 5.41) is 2.14. The molecule has 3 rings (SSSR count). The molecule has 2 aliphatic rings. The van der Waals surface area contributed by atoms with Crippen molar-refractivity contribution in [1.82, 2.24) is 10.2 Å². The van der Waals surface area contributed by atoms with Gasteiger partial charge in [0.05, 0.1) is 23.7 Å². The minimum atomic E-state index is -0.296. The Bertz CT molecular complexity index is 669. The number of nitrogens with one attached hydrogen (secondary N) is 1. The van der Waals surface area contributed by atoms with E-state index in [1.54, 1.807) is 24.3 Å². The Kier molecular flexibility index (Phi) is 7.52. The van der Waals surface area contributed by atoms with Crippen molar-refractivity contribution >= 4 is 23.6 Å². The van der Waals surface area contributed by atoms with Crippen LogP contribution >= 0.6 is 0 Å². The smallest absolute Gasteiger partial charge is 0.265 e. The van der Waals surface area contributed by atoms with Crippen molar-refractivity contribution in [2.45, 2.75) is 12.8 Å². The molecule has 1 N–H and O–H groups in total. The van der Waals surface area contributed by atoms with Gasteiger partial charge in [-0.05, 0) is 12.1 Å². The normalized spacial score (nSPS) is 14.3. The molecule has 7 nitrogen and oxygen atoms in total. The van der Waals surface area contributed by atoms with Crippen LogP contribution in [0.3, 0.4) is 0 Å². The van der Waals surface area contributed by atoms with Gasteiger partial charge in [-0.25, -0.2) is 4.90 Å². The fraction of sp³-hybridized carbons (Fsp3) is 0.111. The zero-order chi connectivity index (χ0) is 18.8. The summed E-state index contributed by atoms with van der Waals surface area (Å²) in [5.41, 5.74) is 0.903. The molecule has 0 unspecified atom stereocenters. The second-order valence-electron chi connectivity index (χ2n) is 4.65. The molecular weight excluding hydrogens is 324 g/mol. The summed E-state index contributed by atoms with van der Waals surface area (Å²) in [5.74, 6) is -0.888. The summed E-state index contributed by atoms with van der Waals surface area (Å²) in [7, 11) is 0. The zero-order valence-corrected chi connectivity index (χ0v) is 13.6. The second-order valence-corrected chi connectivity index (χ2v) is 4.65. The number of hydrogen-bond donors (Lipinski definition) is 1. The lowest BCUT2D eigenvalue weighted by Gasteiger charge is -2.04. The summed E-state index contributed by atoms with van der Waals surface area (Å²) in [6.45, 7) is 9.92. The number of fused-ring (bicyclic) bond motifs is 1. The molecule has 0 aromatic heterocycles. The molecule has 1 fully saturated rings. The van der Waals surface area contributed by atoms with Crippen LogP contribution in [-0.2, 0) is 14.3 Å². The van der Waals surface area contributed by atoms with Gasteiger partial charge in [0.1, 0.15) is 0 Å². The second kappa shape index (κ2) is 9.61. The average Bonchev–Trinajstić information content (AvgIpc) is 3.10. The molecule has 0 spiro atoms. The van der Waals surface area contributed by atoms with Gasteiger partial charge in [-0.1, -0.05) is 31.9 Å². The van der Waals surface area contributed by atoms with E-state index in [2.05, 4.69) is 29.8 Å². The van der Waals surface area contributed by atoms with Crippen molar-refractivity contribution in [2.24, 2.45) is 0 Å². The van der Waals surface area contributed by atoms with Crippen molar-refractivity contribution in [2.75, 3.05) is 0 Å². The van der Waals surface area contributed by atoms with E-state index < -0.39 is 0 Å². The lowest BCUT2D eigenvalue weighted by Crippen LogP contribution is -2.22. The van der Waals surface area contributed by atoms with Gasteiger partial charge in [-0.15, -0.1) is 0 Å². The van der Waals surface area contributed by atoms with E-state index in [0.717, 1.165) is 4.90 Å². The summed E-state index contributed by atoms with van der Waals surface area (Å²) in [6, 6.07) is 6.74. The average molecular weight is 342 g/mol. The molecule has 1 saturated heterocycles. The number of rotatable bonds is 3. The molecule has 0 radical (unpaired) electrons. The van der Waals surface area contributed by atoms with E-state index in [0.29, 0.717) is 24.0 Å².